The van der Waals surface area contributed by atoms with Crippen LogP contribution < -0.4 is 11.1 Å². The molecule has 0 aliphatic carbocycles. The van der Waals surface area contributed by atoms with E-state index in [4.69, 9.17) is 14.7 Å². The van der Waals surface area contributed by atoms with Crippen LogP contribution in [-0.4, -0.2) is 17.6 Å². The molecule has 0 spiro atoms. The lowest BCUT2D eigenvalue weighted by Crippen LogP contribution is -2.29. The number of carbonyl (C=O) groups is 1. The Balaban J connectivity index is 1.81. The van der Waals surface area contributed by atoms with Crippen molar-refractivity contribution in [3.05, 3.63) is 47.5 Å². The second-order valence-electron chi connectivity index (χ2n) is 7.64. The van der Waals surface area contributed by atoms with Crippen LogP contribution in [0, 0.1) is 5.92 Å². The third kappa shape index (κ3) is 5.33. The van der Waals surface area contributed by atoms with Crippen LogP contribution in [-0.2, 0) is 6.18 Å². The number of carbonyl (C=O) groups excluding carboxylic acids is 1. The molecule has 0 aliphatic heterocycles. The van der Waals surface area contributed by atoms with Crippen LogP contribution >= 0.6 is 0 Å². The Morgan fingerprint density at radius 2 is 1.94 bits per heavy atom. The van der Waals surface area contributed by atoms with E-state index in [1.165, 1.54) is 24.3 Å². The fourth-order valence-corrected chi connectivity index (χ4v) is 3.43. The number of furan rings is 1. The molecule has 1 atom stereocenters. The van der Waals surface area contributed by atoms with Gasteiger partial charge in [-0.05, 0) is 36.6 Å². The average molecular weight is 449 g/mol. The standard InChI is InChI=1S/C23H26F3N3O3/c1-3-5-7-14(4-2)13-28-22(30)19-20(29-32-21(19)27)18-11-10-17(31-18)15-8-6-9-16(12-15)23(24,25)26/h6,8-12,14H,3-5,7,13,27H2,1-2H3,(H,28,30). The Hall–Kier alpha value is -3.23. The smallest absolute Gasteiger partial charge is 0.416 e. The van der Waals surface area contributed by atoms with Gasteiger partial charge in [0.25, 0.3) is 5.91 Å². The summed E-state index contributed by atoms with van der Waals surface area (Å²) in [7, 11) is 0. The van der Waals surface area contributed by atoms with Crippen molar-refractivity contribution in [1.29, 1.82) is 0 Å². The molecule has 1 unspecified atom stereocenters. The molecule has 2 aromatic heterocycles. The topological polar surface area (TPSA) is 94.3 Å². The first-order valence-electron chi connectivity index (χ1n) is 10.6. The molecule has 1 amide bonds. The van der Waals surface area contributed by atoms with E-state index >= 15 is 0 Å². The predicted octanol–water partition coefficient (Wildman–Crippen LogP) is 6.15. The van der Waals surface area contributed by atoms with Crippen molar-refractivity contribution in [3.63, 3.8) is 0 Å². The number of alkyl halides is 3. The lowest BCUT2D eigenvalue weighted by atomic mass is 9.99. The Morgan fingerprint density at radius 3 is 2.62 bits per heavy atom. The van der Waals surface area contributed by atoms with E-state index in [1.54, 1.807) is 0 Å². The highest BCUT2D eigenvalue weighted by atomic mass is 19.4. The highest BCUT2D eigenvalue weighted by Gasteiger charge is 2.31. The third-order valence-electron chi connectivity index (χ3n) is 5.35. The number of benzene rings is 1. The van der Waals surface area contributed by atoms with Crippen LogP contribution in [0.5, 0.6) is 0 Å². The molecule has 3 aromatic rings. The number of hydrogen-bond acceptors (Lipinski definition) is 5. The minimum absolute atomic E-state index is 0.0419. The van der Waals surface area contributed by atoms with Gasteiger partial charge in [0.15, 0.2) is 11.5 Å². The number of nitrogen functional groups attached to an aromatic ring is 1. The number of anilines is 1. The maximum absolute atomic E-state index is 13.0. The number of unbranched alkanes of at least 4 members (excludes halogenated alkanes) is 1. The van der Waals surface area contributed by atoms with Crippen LogP contribution in [0.15, 0.2) is 45.3 Å². The number of amides is 1. The second kappa shape index (κ2) is 9.93. The summed E-state index contributed by atoms with van der Waals surface area (Å²) in [6, 6.07) is 7.81. The van der Waals surface area contributed by atoms with Crippen molar-refractivity contribution in [3.8, 4) is 22.8 Å². The fourth-order valence-electron chi connectivity index (χ4n) is 3.43. The summed E-state index contributed by atoms with van der Waals surface area (Å²) in [5, 5.41) is 6.71. The zero-order chi connectivity index (χ0) is 23.3. The molecule has 0 saturated carbocycles. The van der Waals surface area contributed by atoms with Gasteiger partial charge in [-0.1, -0.05) is 50.4 Å². The number of nitrogens with zero attached hydrogens (tertiary/aromatic N) is 1. The van der Waals surface area contributed by atoms with Crippen LogP contribution in [0.4, 0.5) is 19.1 Å². The van der Waals surface area contributed by atoms with E-state index in [2.05, 4.69) is 24.3 Å². The SMILES string of the molecule is CCCCC(CC)CNC(=O)c1c(-c2ccc(-c3cccc(C(F)(F)F)c3)o2)noc1N. The molecule has 1 aromatic carbocycles. The minimum Gasteiger partial charge on any atom is -0.454 e. The highest BCUT2D eigenvalue weighted by molar-refractivity contribution is 6.03. The monoisotopic (exact) mass is 449 g/mol. The molecule has 32 heavy (non-hydrogen) atoms. The Bertz CT molecular complexity index is 1060. The van der Waals surface area contributed by atoms with Crippen molar-refractivity contribution < 1.29 is 26.9 Å². The number of rotatable bonds is 9. The van der Waals surface area contributed by atoms with Gasteiger partial charge in [-0.3, -0.25) is 4.79 Å². The van der Waals surface area contributed by atoms with Crippen LogP contribution in [0.25, 0.3) is 22.8 Å². The first-order valence-corrected chi connectivity index (χ1v) is 10.6. The third-order valence-corrected chi connectivity index (χ3v) is 5.35. The average Bonchev–Trinajstić information content (AvgIpc) is 3.40. The Labute approximate surface area is 184 Å². The maximum atomic E-state index is 13.0. The van der Waals surface area contributed by atoms with Crippen LogP contribution in [0.1, 0.15) is 55.5 Å². The van der Waals surface area contributed by atoms with Gasteiger partial charge in [0.1, 0.15) is 11.3 Å². The number of nitrogens with one attached hydrogen (secondary N) is 1. The van der Waals surface area contributed by atoms with Crippen molar-refractivity contribution in [2.24, 2.45) is 5.92 Å². The van der Waals surface area contributed by atoms with Crippen molar-refractivity contribution in [2.45, 2.75) is 45.7 Å². The number of hydrogen-bond donors (Lipinski definition) is 2. The fraction of sp³-hybridized carbons (Fsp3) is 0.391. The van der Waals surface area contributed by atoms with Gasteiger partial charge in [-0.25, -0.2) is 0 Å². The summed E-state index contributed by atoms with van der Waals surface area (Å²) < 4.78 is 49.7. The summed E-state index contributed by atoms with van der Waals surface area (Å²) in [5.41, 5.74) is 5.43. The van der Waals surface area contributed by atoms with Crippen LogP contribution in [0.3, 0.4) is 0 Å². The Morgan fingerprint density at radius 1 is 1.19 bits per heavy atom. The zero-order valence-corrected chi connectivity index (χ0v) is 18.0. The van der Waals surface area contributed by atoms with Gasteiger partial charge in [-0.15, -0.1) is 0 Å². The second-order valence-corrected chi connectivity index (χ2v) is 7.64. The summed E-state index contributed by atoms with van der Waals surface area (Å²) in [4.78, 5) is 12.8. The van der Waals surface area contributed by atoms with Crippen molar-refractivity contribution >= 4 is 11.8 Å². The molecular formula is C23H26F3N3O3. The quantitative estimate of drug-likeness (QED) is 0.409. The zero-order valence-electron chi connectivity index (χ0n) is 18.0. The van der Waals surface area contributed by atoms with E-state index in [0.29, 0.717) is 12.5 Å². The molecule has 0 saturated heterocycles. The van der Waals surface area contributed by atoms with Gasteiger partial charge in [0, 0.05) is 12.1 Å². The molecule has 0 fully saturated rings. The Kier molecular flexibility index (Phi) is 7.27. The van der Waals surface area contributed by atoms with E-state index in [-0.39, 0.29) is 34.2 Å². The molecule has 9 heteroatoms. The summed E-state index contributed by atoms with van der Waals surface area (Å²) in [6.45, 7) is 4.68. The maximum Gasteiger partial charge on any atom is 0.416 e. The van der Waals surface area contributed by atoms with Gasteiger partial charge in [0.05, 0.1) is 5.56 Å². The van der Waals surface area contributed by atoms with Gasteiger partial charge in [-0.2, -0.15) is 13.2 Å². The number of aromatic nitrogens is 1. The van der Waals surface area contributed by atoms with Gasteiger partial charge < -0.3 is 20.0 Å². The summed E-state index contributed by atoms with van der Waals surface area (Å²) >= 11 is 0. The molecule has 3 N–H and O–H groups in total. The predicted molar refractivity (Wildman–Crippen MR) is 115 cm³/mol. The first-order chi connectivity index (χ1) is 15.2. The molecular weight excluding hydrogens is 423 g/mol. The lowest BCUT2D eigenvalue weighted by molar-refractivity contribution is -0.137. The normalized spacial score (nSPS) is 12.7. The largest absolute Gasteiger partial charge is 0.454 e. The van der Waals surface area contributed by atoms with Gasteiger partial charge >= 0.3 is 6.18 Å². The van der Waals surface area contributed by atoms with Crippen LogP contribution in [0.2, 0.25) is 0 Å². The number of nitrogens with two attached hydrogens (primary N) is 1. The van der Waals surface area contributed by atoms with Crippen molar-refractivity contribution in [2.75, 3.05) is 12.3 Å². The lowest BCUT2D eigenvalue weighted by Gasteiger charge is -2.15. The van der Waals surface area contributed by atoms with E-state index in [1.807, 2.05) is 0 Å². The summed E-state index contributed by atoms with van der Waals surface area (Å²) in [5.74, 6) is 0.118. The molecule has 0 radical (unpaired) electrons. The summed E-state index contributed by atoms with van der Waals surface area (Å²) in [6.07, 6.45) is -0.354. The molecule has 2 heterocycles. The van der Waals surface area contributed by atoms with E-state index in [0.717, 1.165) is 37.8 Å². The first kappa shape index (κ1) is 23.4. The van der Waals surface area contributed by atoms with E-state index in [9.17, 15) is 18.0 Å². The molecule has 0 aliphatic rings. The molecule has 3 rings (SSSR count). The highest BCUT2D eigenvalue weighted by Crippen LogP contribution is 2.35. The number of halogens is 3. The van der Waals surface area contributed by atoms with E-state index < -0.39 is 17.6 Å². The molecule has 172 valence electrons. The van der Waals surface area contributed by atoms with Crippen molar-refractivity contribution in [1.82, 2.24) is 10.5 Å². The minimum atomic E-state index is -4.47. The molecule has 6 nitrogen and oxygen atoms in total. The molecule has 0 bridgehead atoms. The van der Waals surface area contributed by atoms with Gasteiger partial charge in [0.2, 0.25) is 5.88 Å².